The maximum absolute atomic E-state index is 14.8. The van der Waals surface area contributed by atoms with Gasteiger partial charge in [-0.2, -0.15) is 0 Å². The zero-order valence-electron chi connectivity index (χ0n) is 24.6. The van der Waals surface area contributed by atoms with Gasteiger partial charge in [-0.3, -0.25) is 14.1 Å². The summed E-state index contributed by atoms with van der Waals surface area (Å²) in [6.45, 7) is -0.228. The Bertz CT molecular complexity index is 1930. The van der Waals surface area contributed by atoms with Crippen LogP contribution in [-0.2, 0) is 29.0 Å². The highest BCUT2D eigenvalue weighted by Gasteiger charge is 2.24. The molecule has 0 unspecified atom stereocenters. The lowest BCUT2D eigenvalue weighted by Gasteiger charge is -2.15. The smallest absolute Gasteiger partial charge is 0.352 e. The van der Waals surface area contributed by atoms with Crippen molar-refractivity contribution in [2.24, 2.45) is 0 Å². The average Bonchev–Trinajstić information content (AvgIpc) is 3.36. The number of carbonyl (C=O) groups excluding carboxylic acids is 1. The molecule has 228 valence electrons. The molecule has 0 saturated heterocycles. The SMILES string of the molecule is COCC(=O)Cc1ccc(-c2cn3c(c2CN(C)C)c(=O)n(-c2ccc(OC)nn2)c(=O)n3Cc2c(F)cccc2F)cc1. The largest absolute Gasteiger partial charge is 0.480 e. The molecule has 0 aliphatic carbocycles. The van der Waals surface area contributed by atoms with Crippen LogP contribution in [0.3, 0.4) is 0 Å². The molecule has 0 aliphatic rings. The Kier molecular flexibility index (Phi) is 8.78. The average molecular weight is 605 g/mol. The number of ether oxygens (including phenoxy) is 2. The summed E-state index contributed by atoms with van der Waals surface area (Å²) in [7, 11) is 6.52. The number of nitrogens with zero attached hydrogens (tertiary/aromatic N) is 6. The predicted molar refractivity (Wildman–Crippen MR) is 158 cm³/mol. The lowest BCUT2D eigenvalue weighted by atomic mass is 10.0. The van der Waals surface area contributed by atoms with E-state index in [0.29, 0.717) is 16.7 Å². The number of aromatic nitrogens is 5. The second-order valence-electron chi connectivity index (χ2n) is 10.4. The highest BCUT2D eigenvalue weighted by Crippen LogP contribution is 2.29. The molecule has 44 heavy (non-hydrogen) atoms. The third-order valence-electron chi connectivity index (χ3n) is 7.05. The minimum Gasteiger partial charge on any atom is -0.480 e. The number of methoxy groups -OCH3 is 2. The molecule has 0 spiro atoms. The predicted octanol–water partition coefficient (Wildman–Crippen LogP) is 2.86. The van der Waals surface area contributed by atoms with E-state index in [0.717, 1.165) is 26.9 Å². The van der Waals surface area contributed by atoms with Crippen LogP contribution in [0.4, 0.5) is 8.78 Å². The van der Waals surface area contributed by atoms with E-state index in [1.807, 2.05) is 31.1 Å². The summed E-state index contributed by atoms with van der Waals surface area (Å²) in [6.07, 6.45) is 1.79. The van der Waals surface area contributed by atoms with Crippen molar-refractivity contribution in [1.29, 1.82) is 0 Å². The topological polar surface area (TPSA) is 113 Å². The van der Waals surface area contributed by atoms with Crippen molar-refractivity contribution < 1.29 is 23.0 Å². The molecule has 0 bridgehead atoms. The molecule has 3 aromatic heterocycles. The summed E-state index contributed by atoms with van der Waals surface area (Å²) >= 11 is 0. The molecule has 0 saturated carbocycles. The van der Waals surface area contributed by atoms with E-state index >= 15 is 0 Å². The zero-order chi connectivity index (χ0) is 31.5. The molecule has 0 fully saturated rings. The molecule has 0 atom stereocenters. The Morgan fingerprint density at radius 3 is 2.23 bits per heavy atom. The third-order valence-corrected chi connectivity index (χ3v) is 7.05. The lowest BCUT2D eigenvalue weighted by molar-refractivity contribution is -0.121. The normalized spacial score (nSPS) is 11.4. The number of ketones is 1. The third kappa shape index (κ3) is 5.92. The summed E-state index contributed by atoms with van der Waals surface area (Å²) in [4.78, 5) is 42.1. The molecule has 2 aromatic carbocycles. The Morgan fingerprint density at radius 2 is 1.64 bits per heavy atom. The van der Waals surface area contributed by atoms with Gasteiger partial charge in [0.1, 0.15) is 23.8 Å². The molecule has 0 N–H and O–H groups in total. The minimum absolute atomic E-state index is 0.00456. The lowest BCUT2D eigenvalue weighted by Crippen LogP contribution is -2.43. The standard InChI is InChI=1S/C31H30F2N6O5/c1-36(2)15-23-22(20-10-8-19(9-11-20)14-21(40)18-43-3)16-37-29(23)30(41)39(27-12-13-28(44-4)35-34-27)31(42)38(37)17-24-25(32)6-5-7-26(24)33/h5-13,16H,14-15,17-18H2,1-4H3. The fourth-order valence-electron chi connectivity index (χ4n) is 5.04. The van der Waals surface area contributed by atoms with Gasteiger partial charge in [0.15, 0.2) is 11.6 Å². The first-order valence-electron chi connectivity index (χ1n) is 13.6. The summed E-state index contributed by atoms with van der Waals surface area (Å²) in [5.41, 5.74) is 0.867. The Hall–Kier alpha value is -5.01. The van der Waals surface area contributed by atoms with Crippen molar-refractivity contribution >= 4 is 11.3 Å². The van der Waals surface area contributed by atoms with Crippen LogP contribution >= 0.6 is 0 Å². The van der Waals surface area contributed by atoms with Gasteiger partial charge in [0.2, 0.25) is 5.88 Å². The Labute approximate surface area is 250 Å². The molecular weight excluding hydrogens is 574 g/mol. The van der Waals surface area contributed by atoms with E-state index in [4.69, 9.17) is 9.47 Å². The monoisotopic (exact) mass is 604 g/mol. The number of rotatable bonds is 11. The van der Waals surface area contributed by atoms with Gasteiger partial charge in [-0.15, -0.1) is 10.2 Å². The first kappa shape index (κ1) is 30.4. The van der Waals surface area contributed by atoms with Crippen LogP contribution in [-0.4, -0.2) is 69.6 Å². The summed E-state index contributed by atoms with van der Waals surface area (Å²) < 4.78 is 42.9. The van der Waals surface area contributed by atoms with E-state index in [-0.39, 0.29) is 48.1 Å². The highest BCUT2D eigenvalue weighted by molar-refractivity contribution is 5.82. The molecule has 0 aliphatic heterocycles. The summed E-state index contributed by atoms with van der Waals surface area (Å²) in [6, 6.07) is 13.5. The fourth-order valence-corrected chi connectivity index (χ4v) is 5.04. The van der Waals surface area contributed by atoms with E-state index in [1.54, 1.807) is 18.3 Å². The maximum atomic E-state index is 14.8. The number of hydrogen-bond acceptors (Lipinski definition) is 8. The first-order chi connectivity index (χ1) is 21.1. The summed E-state index contributed by atoms with van der Waals surface area (Å²) in [5.74, 6) is -1.68. The number of hydrogen-bond donors (Lipinski definition) is 0. The van der Waals surface area contributed by atoms with Crippen LogP contribution < -0.4 is 16.0 Å². The summed E-state index contributed by atoms with van der Waals surface area (Å²) in [5, 5.41) is 7.90. The molecule has 13 heteroatoms. The van der Waals surface area contributed by atoms with Gasteiger partial charge in [0, 0.05) is 49.0 Å². The zero-order valence-corrected chi connectivity index (χ0v) is 24.6. The second-order valence-corrected chi connectivity index (χ2v) is 10.4. The van der Waals surface area contributed by atoms with Crippen LogP contribution in [0.25, 0.3) is 22.5 Å². The van der Waals surface area contributed by atoms with Crippen molar-refractivity contribution in [2.75, 3.05) is 34.9 Å². The van der Waals surface area contributed by atoms with Crippen molar-refractivity contribution in [3.05, 3.63) is 110 Å². The van der Waals surface area contributed by atoms with Gasteiger partial charge < -0.3 is 14.4 Å². The molecule has 0 amide bonds. The van der Waals surface area contributed by atoms with Crippen molar-refractivity contribution in [3.8, 4) is 22.8 Å². The Balaban J connectivity index is 1.79. The molecule has 5 aromatic rings. The maximum Gasteiger partial charge on any atom is 0.352 e. The molecule has 3 heterocycles. The van der Waals surface area contributed by atoms with E-state index < -0.39 is 29.4 Å². The molecular formula is C31H30F2N6O5. The number of Topliss-reactive ketones (excluding diaryl/α,β-unsaturated/α-hetero) is 1. The molecule has 11 nitrogen and oxygen atoms in total. The van der Waals surface area contributed by atoms with Crippen LogP contribution in [0.1, 0.15) is 16.7 Å². The number of carbonyl (C=O) groups is 1. The van der Waals surface area contributed by atoms with Gasteiger partial charge >= 0.3 is 5.69 Å². The number of benzene rings is 2. The van der Waals surface area contributed by atoms with Gasteiger partial charge in [0.05, 0.1) is 13.7 Å². The Morgan fingerprint density at radius 1 is 0.932 bits per heavy atom. The van der Waals surface area contributed by atoms with Crippen LogP contribution in [0.15, 0.2) is 70.4 Å². The van der Waals surface area contributed by atoms with Gasteiger partial charge in [-0.1, -0.05) is 30.3 Å². The second kappa shape index (κ2) is 12.7. The molecule has 5 rings (SSSR count). The first-order valence-corrected chi connectivity index (χ1v) is 13.6. The van der Waals surface area contributed by atoms with E-state index in [9.17, 15) is 23.2 Å². The molecule has 0 radical (unpaired) electrons. The highest BCUT2D eigenvalue weighted by atomic mass is 19.1. The quantitative estimate of drug-likeness (QED) is 0.226. The van der Waals surface area contributed by atoms with Gasteiger partial charge in [-0.25, -0.2) is 22.8 Å². The van der Waals surface area contributed by atoms with Crippen LogP contribution in [0, 0.1) is 11.6 Å². The van der Waals surface area contributed by atoms with Crippen molar-refractivity contribution in [1.82, 2.24) is 28.9 Å². The minimum atomic E-state index is -0.880. The van der Waals surface area contributed by atoms with E-state index in [2.05, 4.69) is 10.2 Å². The van der Waals surface area contributed by atoms with Gasteiger partial charge in [-0.05, 0) is 43.4 Å². The van der Waals surface area contributed by atoms with Crippen LogP contribution in [0.5, 0.6) is 5.88 Å². The van der Waals surface area contributed by atoms with Gasteiger partial charge in [0.25, 0.3) is 5.56 Å². The fraction of sp³-hybridized carbons (Fsp3) is 0.258. The van der Waals surface area contributed by atoms with E-state index in [1.165, 1.54) is 36.9 Å². The van der Waals surface area contributed by atoms with Crippen molar-refractivity contribution in [2.45, 2.75) is 19.5 Å². The number of halogens is 2. The van der Waals surface area contributed by atoms with Crippen molar-refractivity contribution in [3.63, 3.8) is 0 Å². The van der Waals surface area contributed by atoms with Crippen LogP contribution in [0.2, 0.25) is 0 Å². The number of fused-ring (bicyclic) bond motifs is 1.